The van der Waals surface area contributed by atoms with Gasteiger partial charge < -0.3 is 20.7 Å². The lowest BCUT2D eigenvalue weighted by Crippen LogP contribution is -2.27. The second kappa shape index (κ2) is 8.59. The molecule has 24 heavy (non-hydrogen) atoms. The lowest BCUT2D eigenvalue weighted by atomic mass is 10.2. The van der Waals surface area contributed by atoms with Gasteiger partial charge in [0.05, 0.1) is 6.61 Å². The fourth-order valence-corrected chi connectivity index (χ4v) is 1.87. The van der Waals surface area contributed by atoms with E-state index in [4.69, 9.17) is 4.74 Å². The van der Waals surface area contributed by atoms with Gasteiger partial charge in [0.15, 0.2) is 11.5 Å². The third-order valence-electron chi connectivity index (χ3n) is 2.97. The van der Waals surface area contributed by atoms with Gasteiger partial charge in [-0.1, -0.05) is 0 Å². The molecule has 8 nitrogen and oxygen atoms in total. The quantitative estimate of drug-likeness (QED) is 0.666. The van der Waals surface area contributed by atoms with E-state index in [0.29, 0.717) is 24.7 Å². The Kier molecular flexibility index (Phi) is 6.21. The maximum absolute atomic E-state index is 11.8. The minimum absolute atomic E-state index is 0.124. The van der Waals surface area contributed by atoms with E-state index in [1.165, 1.54) is 6.92 Å². The van der Waals surface area contributed by atoms with E-state index in [2.05, 4.69) is 26.1 Å². The average Bonchev–Trinajstić information content (AvgIpc) is 2.57. The van der Waals surface area contributed by atoms with Crippen LogP contribution < -0.4 is 16.0 Å². The minimum atomic E-state index is -0.300. The summed E-state index contributed by atoms with van der Waals surface area (Å²) in [6.07, 6.45) is 0. The highest BCUT2D eigenvalue weighted by Gasteiger charge is 2.07. The normalized spacial score (nSPS) is 10.1. The van der Waals surface area contributed by atoms with Crippen LogP contribution in [-0.4, -0.2) is 42.3 Å². The van der Waals surface area contributed by atoms with Crippen LogP contribution in [0.25, 0.3) is 0 Å². The summed E-state index contributed by atoms with van der Waals surface area (Å²) in [5.74, 6) is 0.0856. The fraction of sp³-hybridized carbons (Fsp3) is 0.250. The maximum atomic E-state index is 11.8. The lowest BCUT2D eigenvalue weighted by molar-refractivity contribution is -0.114. The van der Waals surface area contributed by atoms with Crippen molar-refractivity contribution in [1.82, 2.24) is 15.5 Å². The van der Waals surface area contributed by atoms with Gasteiger partial charge in [0.25, 0.3) is 5.91 Å². The van der Waals surface area contributed by atoms with Crippen LogP contribution >= 0.6 is 0 Å². The van der Waals surface area contributed by atoms with Crippen LogP contribution in [0.3, 0.4) is 0 Å². The van der Waals surface area contributed by atoms with Crippen molar-refractivity contribution < 1.29 is 14.3 Å². The molecule has 0 saturated carbocycles. The van der Waals surface area contributed by atoms with Crippen LogP contribution in [0, 0.1) is 0 Å². The molecule has 0 unspecified atom stereocenters. The zero-order chi connectivity index (χ0) is 17.4. The highest BCUT2D eigenvalue weighted by atomic mass is 16.5. The molecule has 1 aromatic heterocycles. The second-order valence-corrected chi connectivity index (χ2v) is 4.94. The summed E-state index contributed by atoms with van der Waals surface area (Å²) in [5.41, 5.74) is 1.73. The zero-order valence-corrected chi connectivity index (χ0v) is 13.5. The smallest absolute Gasteiger partial charge is 0.271 e. The number of nitrogens with zero attached hydrogens (tertiary/aromatic N) is 2. The number of carbonyl (C=O) groups excluding carboxylic acids is 2. The Morgan fingerprint density at radius 2 is 1.75 bits per heavy atom. The van der Waals surface area contributed by atoms with Gasteiger partial charge in [0.1, 0.15) is 0 Å². The molecule has 0 radical (unpaired) electrons. The van der Waals surface area contributed by atoms with Crippen molar-refractivity contribution in [2.24, 2.45) is 0 Å². The summed E-state index contributed by atoms with van der Waals surface area (Å²) in [4.78, 5) is 22.8. The number of anilines is 3. The van der Waals surface area contributed by atoms with E-state index >= 15 is 0 Å². The minimum Gasteiger partial charge on any atom is -0.383 e. The van der Waals surface area contributed by atoms with Gasteiger partial charge in [-0.3, -0.25) is 9.59 Å². The summed E-state index contributed by atoms with van der Waals surface area (Å²) in [7, 11) is 1.56. The molecule has 2 amide bonds. The van der Waals surface area contributed by atoms with Crippen molar-refractivity contribution in [1.29, 1.82) is 0 Å². The highest BCUT2D eigenvalue weighted by molar-refractivity contribution is 5.92. The van der Waals surface area contributed by atoms with Crippen LogP contribution in [0.2, 0.25) is 0 Å². The monoisotopic (exact) mass is 329 g/mol. The number of ether oxygens (including phenoxy) is 1. The van der Waals surface area contributed by atoms with Gasteiger partial charge >= 0.3 is 0 Å². The molecule has 3 N–H and O–H groups in total. The molecule has 0 fully saturated rings. The Morgan fingerprint density at radius 1 is 1.04 bits per heavy atom. The van der Waals surface area contributed by atoms with Crippen molar-refractivity contribution in [3.63, 3.8) is 0 Å². The van der Waals surface area contributed by atoms with Gasteiger partial charge in [0, 0.05) is 32.0 Å². The van der Waals surface area contributed by atoms with E-state index in [9.17, 15) is 9.59 Å². The maximum Gasteiger partial charge on any atom is 0.271 e. The SMILES string of the molecule is COCCNC(=O)c1ccc(Nc2ccc(NC(C)=O)cc2)nn1. The number of amides is 2. The number of hydrogen-bond acceptors (Lipinski definition) is 6. The van der Waals surface area contributed by atoms with E-state index < -0.39 is 0 Å². The predicted octanol–water partition coefficient (Wildman–Crippen LogP) is 1.55. The van der Waals surface area contributed by atoms with Crippen molar-refractivity contribution in [2.75, 3.05) is 30.9 Å². The number of nitrogens with one attached hydrogen (secondary N) is 3. The third-order valence-corrected chi connectivity index (χ3v) is 2.97. The van der Waals surface area contributed by atoms with Gasteiger partial charge in [-0.15, -0.1) is 10.2 Å². The number of benzene rings is 1. The average molecular weight is 329 g/mol. The summed E-state index contributed by atoms with van der Waals surface area (Å²) in [6.45, 7) is 2.31. The second-order valence-electron chi connectivity index (χ2n) is 4.94. The van der Waals surface area contributed by atoms with Crippen molar-refractivity contribution >= 4 is 29.0 Å². The van der Waals surface area contributed by atoms with E-state index in [0.717, 1.165) is 5.69 Å². The first-order valence-electron chi connectivity index (χ1n) is 7.34. The van der Waals surface area contributed by atoms with Gasteiger partial charge in [-0.2, -0.15) is 0 Å². The molecule has 0 saturated heterocycles. The molecule has 0 bridgehead atoms. The van der Waals surface area contributed by atoms with Gasteiger partial charge in [-0.25, -0.2) is 0 Å². The van der Waals surface area contributed by atoms with Crippen molar-refractivity contribution in [3.05, 3.63) is 42.1 Å². The standard InChI is InChI=1S/C16H19N5O3/c1-11(22)18-12-3-5-13(6-4-12)19-15-8-7-14(20-21-15)16(23)17-9-10-24-2/h3-8H,9-10H2,1-2H3,(H,17,23)(H,18,22)(H,19,21). The summed E-state index contributed by atoms with van der Waals surface area (Å²) in [6, 6.07) is 10.4. The molecule has 1 aromatic carbocycles. The largest absolute Gasteiger partial charge is 0.383 e. The molecule has 2 aromatic rings. The Bertz CT molecular complexity index is 686. The van der Waals surface area contributed by atoms with E-state index in [-0.39, 0.29) is 17.5 Å². The number of carbonyl (C=O) groups is 2. The number of hydrogen-bond donors (Lipinski definition) is 3. The topological polar surface area (TPSA) is 105 Å². The Morgan fingerprint density at radius 3 is 2.33 bits per heavy atom. The Balaban J connectivity index is 1.93. The molecule has 0 aliphatic rings. The van der Waals surface area contributed by atoms with Crippen molar-refractivity contribution in [2.45, 2.75) is 6.92 Å². The van der Waals surface area contributed by atoms with Gasteiger partial charge in [-0.05, 0) is 36.4 Å². The molecule has 0 atom stereocenters. The first-order valence-corrected chi connectivity index (χ1v) is 7.34. The highest BCUT2D eigenvalue weighted by Crippen LogP contribution is 2.17. The fourth-order valence-electron chi connectivity index (χ4n) is 1.87. The van der Waals surface area contributed by atoms with Crippen LogP contribution in [0.1, 0.15) is 17.4 Å². The molecule has 0 aliphatic heterocycles. The van der Waals surface area contributed by atoms with Crippen molar-refractivity contribution in [3.8, 4) is 0 Å². The van der Waals surface area contributed by atoms with Crippen LogP contribution in [-0.2, 0) is 9.53 Å². The van der Waals surface area contributed by atoms with E-state index in [1.54, 1.807) is 43.5 Å². The Labute approximate surface area is 139 Å². The van der Waals surface area contributed by atoms with Crippen LogP contribution in [0.5, 0.6) is 0 Å². The molecule has 126 valence electrons. The summed E-state index contributed by atoms with van der Waals surface area (Å²) < 4.78 is 4.86. The predicted molar refractivity (Wildman–Crippen MR) is 90.3 cm³/mol. The first-order chi connectivity index (χ1) is 11.6. The first kappa shape index (κ1) is 17.4. The molecule has 2 rings (SSSR count). The molecule has 8 heteroatoms. The zero-order valence-electron chi connectivity index (χ0n) is 13.5. The van der Waals surface area contributed by atoms with Gasteiger partial charge in [0.2, 0.25) is 5.91 Å². The molecular formula is C16H19N5O3. The van der Waals surface area contributed by atoms with Crippen LogP contribution in [0.15, 0.2) is 36.4 Å². The summed E-state index contributed by atoms with van der Waals surface area (Å²) >= 11 is 0. The Hall–Kier alpha value is -3.00. The van der Waals surface area contributed by atoms with Crippen LogP contribution in [0.4, 0.5) is 17.2 Å². The lowest BCUT2D eigenvalue weighted by Gasteiger charge is -2.07. The molecular weight excluding hydrogens is 310 g/mol. The number of methoxy groups -OCH3 is 1. The number of aromatic nitrogens is 2. The van der Waals surface area contributed by atoms with E-state index in [1.807, 2.05) is 0 Å². The molecule has 0 aliphatic carbocycles. The third kappa shape index (κ3) is 5.33. The summed E-state index contributed by atoms with van der Waals surface area (Å²) in [5, 5.41) is 16.3. The number of rotatable bonds is 7. The molecule has 1 heterocycles. The molecule has 0 spiro atoms.